The fourth-order valence-corrected chi connectivity index (χ4v) is 2.61. The van der Waals surface area contributed by atoms with E-state index in [0.717, 1.165) is 28.6 Å². The molecule has 0 saturated heterocycles. The molecule has 0 aliphatic rings. The number of aromatic amines is 1. The number of benzene rings is 2. The summed E-state index contributed by atoms with van der Waals surface area (Å²) in [6.07, 6.45) is 0.828. The average molecular weight is 310 g/mol. The molecule has 0 radical (unpaired) electrons. The Morgan fingerprint density at radius 1 is 1.22 bits per heavy atom. The molecule has 0 saturated carbocycles. The number of nitrogens with zero attached hydrogens (tertiary/aromatic N) is 1. The van der Waals surface area contributed by atoms with Crippen LogP contribution in [0.5, 0.6) is 5.75 Å². The fraction of sp³-hybridized carbons (Fsp3) is 0.235. The van der Waals surface area contributed by atoms with E-state index in [-0.39, 0.29) is 0 Å². The van der Waals surface area contributed by atoms with Gasteiger partial charge >= 0.3 is 7.12 Å². The van der Waals surface area contributed by atoms with Gasteiger partial charge < -0.3 is 19.8 Å². The number of hydrogen-bond donors (Lipinski definition) is 3. The van der Waals surface area contributed by atoms with Gasteiger partial charge in [-0.3, -0.25) is 0 Å². The number of imidazole rings is 1. The first kappa shape index (κ1) is 15.6. The highest BCUT2D eigenvalue weighted by Gasteiger charge is 2.23. The van der Waals surface area contributed by atoms with Crippen LogP contribution in [-0.2, 0) is 0 Å². The summed E-state index contributed by atoms with van der Waals surface area (Å²) in [5.74, 6) is 1.12. The molecule has 118 valence electrons. The predicted molar refractivity (Wildman–Crippen MR) is 91.9 cm³/mol. The normalized spacial score (nSPS) is 11.0. The number of rotatable bonds is 5. The molecular formula is C17H19BN2O3. The maximum Gasteiger partial charge on any atom is 0.492 e. The van der Waals surface area contributed by atoms with E-state index >= 15 is 0 Å². The topological polar surface area (TPSA) is 78.4 Å². The quantitative estimate of drug-likeness (QED) is 0.630. The van der Waals surface area contributed by atoms with E-state index in [4.69, 9.17) is 4.74 Å². The van der Waals surface area contributed by atoms with Crippen molar-refractivity contribution in [1.29, 1.82) is 0 Å². The number of H-pyrrole nitrogens is 1. The lowest BCUT2D eigenvalue weighted by Crippen LogP contribution is -2.32. The Morgan fingerprint density at radius 3 is 2.70 bits per heavy atom. The van der Waals surface area contributed by atoms with E-state index < -0.39 is 7.12 Å². The van der Waals surface area contributed by atoms with Crippen LogP contribution in [0.4, 0.5) is 0 Å². The molecule has 1 heterocycles. The minimum Gasteiger partial charge on any atom is -0.493 e. The Morgan fingerprint density at radius 2 is 2.00 bits per heavy atom. The monoisotopic (exact) mass is 310 g/mol. The molecular weight excluding hydrogens is 291 g/mol. The van der Waals surface area contributed by atoms with Gasteiger partial charge in [0.2, 0.25) is 0 Å². The number of fused-ring (bicyclic) bond motifs is 1. The van der Waals surface area contributed by atoms with Crippen LogP contribution in [0.1, 0.15) is 18.9 Å². The maximum absolute atomic E-state index is 9.68. The van der Waals surface area contributed by atoms with E-state index in [1.54, 1.807) is 6.07 Å². The van der Waals surface area contributed by atoms with Gasteiger partial charge in [0, 0.05) is 5.46 Å². The van der Waals surface area contributed by atoms with Crippen LogP contribution >= 0.6 is 0 Å². The molecule has 5 nitrogen and oxygen atoms in total. The molecule has 3 rings (SSSR count). The highest BCUT2D eigenvalue weighted by atomic mass is 16.5. The number of nitrogens with one attached hydrogen (secondary N) is 1. The lowest BCUT2D eigenvalue weighted by Gasteiger charge is -2.15. The zero-order chi connectivity index (χ0) is 16.4. The van der Waals surface area contributed by atoms with Crippen molar-refractivity contribution >= 4 is 23.6 Å². The molecule has 0 atom stereocenters. The number of hydrogen-bond acceptors (Lipinski definition) is 4. The first-order valence-electron chi connectivity index (χ1n) is 7.68. The first-order chi connectivity index (χ1) is 11.1. The van der Waals surface area contributed by atoms with Gasteiger partial charge in [0.05, 0.1) is 23.2 Å². The molecule has 0 bridgehead atoms. The van der Waals surface area contributed by atoms with Gasteiger partial charge in [0.1, 0.15) is 11.6 Å². The summed E-state index contributed by atoms with van der Waals surface area (Å²) in [5, 5.41) is 19.4. The molecule has 0 aliphatic heterocycles. The summed E-state index contributed by atoms with van der Waals surface area (Å²) in [6, 6.07) is 11.4. The van der Waals surface area contributed by atoms with Gasteiger partial charge in [-0.25, -0.2) is 4.98 Å². The molecule has 0 spiro atoms. The van der Waals surface area contributed by atoms with Crippen LogP contribution in [0.3, 0.4) is 0 Å². The zero-order valence-corrected chi connectivity index (χ0v) is 13.2. The number of para-hydroxylation sites is 2. The second kappa shape index (κ2) is 6.44. The predicted octanol–water partition coefficient (Wildman–Crippen LogP) is 2.01. The number of aromatic nitrogens is 2. The van der Waals surface area contributed by atoms with Crippen molar-refractivity contribution < 1.29 is 14.8 Å². The third-order valence-corrected chi connectivity index (χ3v) is 3.64. The Hall–Kier alpha value is -2.31. The molecule has 0 aliphatic carbocycles. The fourth-order valence-electron chi connectivity index (χ4n) is 2.61. The van der Waals surface area contributed by atoms with E-state index in [0.29, 0.717) is 23.6 Å². The molecule has 2 aromatic carbocycles. The number of ether oxygens (including phenoxy) is 1. The van der Waals surface area contributed by atoms with E-state index in [9.17, 15) is 10.0 Å². The van der Waals surface area contributed by atoms with E-state index in [1.165, 1.54) is 0 Å². The first-order valence-corrected chi connectivity index (χ1v) is 7.68. The third kappa shape index (κ3) is 3.09. The molecule has 23 heavy (non-hydrogen) atoms. The van der Waals surface area contributed by atoms with Gasteiger partial charge in [0.25, 0.3) is 0 Å². The molecule has 1 aromatic heterocycles. The smallest absolute Gasteiger partial charge is 0.492 e. The molecule has 6 heteroatoms. The zero-order valence-electron chi connectivity index (χ0n) is 13.2. The van der Waals surface area contributed by atoms with Gasteiger partial charge in [-0.2, -0.15) is 0 Å². The lowest BCUT2D eigenvalue weighted by molar-refractivity contribution is 0.318. The van der Waals surface area contributed by atoms with E-state index in [1.807, 2.05) is 44.2 Å². The minimum atomic E-state index is -1.59. The molecule has 0 fully saturated rings. The summed E-state index contributed by atoms with van der Waals surface area (Å²) in [7, 11) is -1.59. The number of aryl methyl sites for hydroxylation is 1. The third-order valence-electron chi connectivity index (χ3n) is 3.64. The van der Waals surface area contributed by atoms with Crippen molar-refractivity contribution in [2.24, 2.45) is 0 Å². The van der Waals surface area contributed by atoms with Gasteiger partial charge in [-0.1, -0.05) is 30.7 Å². The standard InChI is InChI=1S/C17H19BN2O3/c1-3-8-23-16-12(9-11(2)10-13(16)18(21)22)17-19-14-6-4-5-7-15(14)20-17/h4-7,9-10,21-22H,3,8H2,1-2H3,(H,19,20). The second-order valence-corrected chi connectivity index (χ2v) is 5.56. The van der Waals surface area contributed by atoms with Crippen molar-refractivity contribution in [3.05, 3.63) is 42.0 Å². The van der Waals surface area contributed by atoms with Gasteiger partial charge in [0.15, 0.2) is 0 Å². The molecule has 0 unspecified atom stereocenters. The average Bonchev–Trinajstić information content (AvgIpc) is 2.96. The molecule has 3 N–H and O–H groups in total. The second-order valence-electron chi connectivity index (χ2n) is 5.56. The Bertz CT molecular complexity index is 797. The molecule has 0 amide bonds. The summed E-state index contributed by atoms with van der Waals surface area (Å²) in [4.78, 5) is 7.86. The summed E-state index contributed by atoms with van der Waals surface area (Å²) >= 11 is 0. The van der Waals surface area contributed by atoms with E-state index in [2.05, 4.69) is 9.97 Å². The summed E-state index contributed by atoms with van der Waals surface area (Å²) < 4.78 is 5.80. The summed E-state index contributed by atoms with van der Waals surface area (Å²) in [5.41, 5.74) is 3.78. The van der Waals surface area contributed by atoms with Crippen LogP contribution in [0, 0.1) is 6.92 Å². The van der Waals surface area contributed by atoms with Gasteiger partial charge in [-0.15, -0.1) is 0 Å². The highest BCUT2D eigenvalue weighted by Crippen LogP contribution is 2.29. The van der Waals surface area contributed by atoms with Crippen LogP contribution in [0.25, 0.3) is 22.4 Å². The largest absolute Gasteiger partial charge is 0.493 e. The summed E-state index contributed by atoms with van der Waals surface area (Å²) in [6.45, 7) is 4.40. The van der Waals surface area contributed by atoms with Crippen molar-refractivity contribution in [3.63, 3.8) is 0 Å². The SMILES string of the molecule is CCCOc1c(B(O)O)cc(C)cc1-c1nc2ccccc2[nH]1. The van der Waals surface area contributed by atoms with Crippen LogP contribution < -0.4 is 10.2 Å². The van der Waals surface area contributed by atoms with Crippen molar-refractivity contribution in [1.82, 2.24) is 9.97 Å². The minimum absolute atomic E-state index is 0.355. The Kier molecular flexibility index (Phi) is 4.36. The van der Waals surface area contributed by atoms with Crippen molar-refractivity contribution in [2.75, 3.05) is 6.61 Å². The van der Waals surface area contributed by atoms with Crippen LogP contribution in [0.15, 0.2) is 36.4 Å². The van der Waals surface area contributed by atoms with Crippen molar-refractivity contribution in [2.45, 2.75) is 20.3 Å². The molecule has 3 aromatic rings. The van der Waals surface area contributed by atoms with Crippen LogP contribution in [-0.4, -0.2) is 33.7 Å². The lowest BCUT2D eigenvalue weighted by atomic mass is 9.77. The Labute approximate surface area is 135 Å². The Balaban J connectivity index is 2.19. The maximum atomic E-state index is 9.68. The van der Waals surface area contributed by atoms with Gasteiger partial charge in [-0.05, 0) is 31.5 Å². The highest BCUT2D eigenvalue weighted by molar-refractivity contribution is 6.60. The van der Waals surface area contributed by atoms with Crippen molar-refractivity contribution in [3.8, 4) is 17.1 Å². The van der Waals surface area contributed by atoms with Crippen LogP contribution in [0.2, 0.25) is 0 Å².